The molecule has 1 rings (SSSR count). The number of rotatable bonds is 6. The largest absolute Gasteiger partial charge is 0.380 e. The van der Waals surface area contributed by atoms with E-state index in [1.54, 1.807) is 0 Å². The van der Waals surface area contributed by atoms with Crippen LogP contribution in [0.5, 0.6) is 0 Å². The first kappa shape index (κ1) is 11.7. The summed E-state index contributed by atoms with van der Waals surface area (Å²) in [6.45, 7) is 9.85. The lowest BCUT2D eigenvalue weighted by molar-refractivity contribution is 0.149. The summed E-state index contributed by atoms with van der Waals surface area (Å²) in [6, 6.07) is 2.26. The minimum absolute atomic E-state index is 0.804. The Morgan fingerprint density at radius 3 is 2.79 bits per heavy atom. The number of ether oxygens (including phenoxy) is 1. The number of hydrogen-bond donors (Lipinski definition) is 1. The van der Waals surface area contributed by atoms with Crippen LogP contribution < -0.4 is 5.32 Å². The van der Waals surface area contributed by atoms with Crippen LogP contribution in [0.25, 0.3) is 0 Å². The van der Waals surface area contributed by atoms with Crippen molar-refractivity contribution >= 4 is 11.3 Å². The average molecular weight is 213 g/mol. The standard InChI is InChI=1S/C11H19NOS/c1-4-13-6-5-12-8-11-7-9(2)14-10(11)3/h7,12H,4-6,8H2,1-3H3. The van der Waals surface area contributed by atoms with Crippen molar-refractivity contribution in [2.75, 3.05) is 19.8 Å². The molecule has 0 aliphatic heterocycles. The van der Waals surface area contributed by atoms with E-state index in [1.807, 2.05) is 18.3 Å². The van der Waals surface area contributed by atoms with Gasteiger partial charge in [-0.1, -0.05) is 0 Å². The fourth-order valence-electron chi connectivity index (χ4n) is 1.37. The first-order valence-corrected chi connectivity index (χ1v) is 5.90. The topological polar surface area (TPSA) is 21.3 Å². The van der Waals surface area contributed by atoms with Crippen LogP contribution in [-0.4, -0.2) is 19.8 Å². The molecule has 2 nitrogen and oxygen atoms in total. The molecule has 0 bridgehead atoms. The van der Waals surface area contributed by atoms with E-state index < -0.39 is 0 Å². The zero-order chi connectivity index (χ0) is 10.4. The van der Waals surface area contributed by atoms with Crippen LogP contribution >= 0.6 is 11.3 Å². The van der Waals surface area contributed by atoms with Gasteiger partial charge in [0, 0.05) is 29.5 Å². The molecule has 80 valence electrons. The van der Waals surface area contributed by atoms with Crippen molar-refractivity contribution in [1.82, 2.24) is 5.32 Å². The molecule has 0 unspecified atom stereocenters. The maximum absolute atomic E-state index is 5.25. The molecule has 0 aromatic carbocycles. The molecule has 0 spiro atoms. The highest BCUT2D eigenvalue weighted by atomic mass is 32.1. The fourth-order valence-corrected chi connectivity index (χ4v) is 2.32. The highest BCUT2D eigenvalue weighted by Crippen LogP contribution is 2.19. The summed E-state index contributed by atoms with van der Waals surface area (Å²) in [7, 11) is 0. The third-order valence-corrected chi connectivity index (χ3v) is 3.09. The van der Waals surface area contributed by atoms with Gasteiger partial charge in [-0.2, -0.15) is 0 Å². The Bertz CT molecular complexity index is 270. The summed E-state index contributed by atoms with van der Waals surface area (Å²) in [5.41, 5.74) is 1.42. The second kappa shape index (κ2) is 6.17. The van der Waals surface area contributed by atoms with Crippen molar-refractivity contribution in [3.05, 3.63) is 21.4 Å². The Morgan fingerprint density at radius 2 is 2.21 bits per heavy atom. The molecule has 0 fully saturated rings. The quantitative estimate of drug-likeness (QED) is 0.733. The van der Waals surface area contributed by atoms with Gasteiger partial charge in [0.15, 0.2) is 0 Å². The molecular weight excluding hydrogens is 194 g/mol. The molecule has 0 saturated carbocycles. The van der Waals surface area contributed by atoms with Crippen molar-refractivity contribution in [2.45, 2.75) is 27.3 Å². The Hall–Kier alpha value is -0.380. The zero-order valence-electron chi connectivity index (χ0n) is 9.22. The van der Waals surface area contributed by atoms with E-state index in [0.29, 0.717) is 0 Å². The van der Waals surface area contributed by atoms with Crippen LogP contribution in [0.2, 0.25) is 0 Å². The monoisotopic (exact) mass is 213 g/mol. The van der Waals surface area contributed by atoms with Gasteiger partial charge in [-0.3, -0.25) is 0 Å². The highest BCUT2D eigenvalue weighted by molar-refractivity contribution is 7.12. The molecule has 0 saturated heterocycles. The maximum atomic E-state index is 5.25. The van der Waals surface area contributed by atoms with Gasteiger partial charge in [-0.15, -0.1) is 11.3 Å². The van der Waals surface area contributed by atoms with E-state index in [4.69, 9.17) is 4.74 Å². The molecule has 14 heavy (non-hydrogen) atoms. The molecule has 1 aromatic heterocycles. The molecule has 0 aliphatic carbocycles. The second-order valence-electron chi connectivity index (χ2n) is 3.31. The van der Waals surface area contributed by atoms with E-state index in [9.17, 15) is 0 Å². The highest BCUT2D eigenvalue weighted by Gasteiger charge is 2.01. The summed E-state index contributed by atoms with van der Waals surface area (Å²) in [5, 5.41) is 3.37. The first-order chi connectivity index (χ1) is 6.74. The second-order valence-corrected chi connectivity index (χ2v) is 4.77. The fraction of sp³-hybridized carbons (Fsp3) is 0.636. The normalized spacial score (nSPS) is 10.8. The summed E-state index contributed by atoms with van der Waals surface area (Å²) in [6.07, 6.45) is 0. The minimum atomic E-state index is 0.804. The predicted octanol–water partition coefficient (Wildman–Crippen LogP) is 2.49. The number of hydrogen-bond acceptors (Lipinski definition) is 3. The predicted molar refractivity (Wildman–Crippen MR) is 62.0 cm³/mol. The molecule has 1 N–H and O–H groups in total. The minimum Gasteiger partial charge on any atom is -0.380 e. The van der Waals surface area contributed by atoms with Gasteiger partial charge in [0.2, 0.25) is 0 Å². The SMILES string of the molecule is CCOCCNCc1cc(C)sc1C. The van der Waals surface area contributed by atoms with Gasteiger partial charge in [-0.25, -0.2) is 0 Å². The molecule has 0 aliphatic rings. The van der Waals surface area contributed by atoms with E-state index >= 15 is 0 Å². The summed E-state index contributed by atoms with van der Waals surface area (Å²) >= 11 is 1.87. The van der Waals surface area contributed by atoms with E-state index in [0.717, 1.165) is 26.3 Å². The van der Waals surface area contributed by atoms with Crippen LogP contribution in [-0.2, 0) is 11.3 Å². The van der Waals surface area contributed by atoms with E-state index in [1.165, 1.54) is 15.3 Å². The maximum Gasteiger partial charge on any atom is 0.0590 e. The van der Waals surface area contributed by atoms with Gasteiger partial charge in [0.1, 0.15) is 0 Å². The third kappa shape index (κ3) is 3.78. The Kier molecular flexibility index (Phi) is 5.15. The third-order valence-electron chi connectivity index (χ3n) is 2.09. The molecular formula is C11H19NOS. The molecule has 1 heterocycles. The van der Waals surface area contributed by atoms with Crippen molar-refractivity contribution in [2.24, 2.45) is 0 Å². The smallest absolute Gasteiger partial charge is 0.0590 e. The number of nitrogens with one attached hydrogen (secondary N) is 1. The van der Waals surface area contributed by atoms with Gasteiger partial charge < -0.3 is 10.1 Å². The van der Waals surface area contributed by atoms with Crippen molar-refractivity contribution in [3.8, 4) is 0 Å². The van der Waals surface area contributed by atoms with E-state index in [2.05, 4.69) is 25.2 Å². The lowest BCUT2D eigenvalue weighted by Crippen LogP contribution is -2.19. The summed E-state index contributed by atoms with van der Waals surface area (Å²) in [5.74, 6) is 0. The van der Waals surface area contributed by atoms with Crippen molar-refractivity contribution in [3.63, 3.8) is 0 Å². The van der Waals surface area contributed by atoms with E-state index in [-0.39, 0.29) is 0 Å². The zero-order valence-corrected chi connectivity index (χ0v) is 10.0. The summed E-state index contributed by atoms with van der Waals surface area (Å²) < 4.78 is 5.25. The Balaban J connectivity index is 2.21. The van der Waals surface area contributed by atoms with Crippen LogP contribution in [0.1, 0.15) is 22.2 Å². The van der Waals surface area contributed by atoms with Crippen LogP contribution in [0.3, 0.4) is 0 Å². The lowest BCUT2D eigenvalue weighted by Gasteiger charge is -2.04. The molecule has 3 heteroatoms. The molecule has 1 aromatic rings. The van der Waals surface area contributed by atoms with Crippen molar-refractivity contribution in [1.29, 1.82) is 0 Å². The molecule has 0 atom stereocenters. The molecule has 0 radical (unpaired) electrons. The Labute approximate surface area is 90.3 Å². The van der Waals surface area contributed by atoms with Gasteiger partial charge in [0.05, 0.1) is 6.61 Å². The molecule has 0 amide bonds. The first-order valence-electron chi connectivity index (χ1n) is 5.08. The van der Waals surface area contributed by atoms with Gasteiger partial charge >= 0.3 is 0 Å². The number of aryl methyl sites for hydroxylation is 2. The van der Waals surface area contributed by atoms with Gasteiger partial charge in [0.25, 0.3) is 0 Å². The van der Waals surface area contributed by atoms with Crippen LogP contribution in [0.4, 0.5) is 0 Å². The number of thiophene rings is 1. The summed E-state index contributed by atoms with van der Waals surface area (Å²) in [4.78, 5) is 2.82. The van der Waals surface area contributed by atoms with Crippen LogP contribution in [0.15, 0.2) is 6.07 Å². The van der Waals surface area contributed by atoms with Crippen molar-refractivity contribution < 1.29 is 4.74 Å². The average Bonchev–Trinajstić information content (AvgIpc) is 2.45. The lowest BCUT2D eigenvalue weighted by atomic mass is 10.2. The van der Waals surface area contributed by atoms with Gasteiger partial charge in [-0.05, 0) is 32.4 Å². The van der Waals surface area contributed by atoms with Crippen LogP contribution in [0, 0.1) is 13.8 Å². The Morgan fingerprint density at radius 1 is 1.43 bits per heavy atom.